The third-order valence-corrected chi connectivity index (χ3v) is 3.54. The van der Waals surface area contributed by atoms with Crippen molar-refractivity contribution in [1.29, 1.82) is 0 Å². The minimum Gasteiger partial charge on any atom is -0.232 e. The highest BCUT2D eigenvalue weighted by Gasteiger charge is 2.13. The van der Waals surface area contributed by atoms with Crippen LogP contribution in [-0.2, 0) is 6.54 Å². The van der Waals surface area contributed by atoms with E-state index in [9.17, 15) is 0 Å². The van der Waals surface area contributed by atoms with Crippen LogP contribution < -0.4 is 0 Å². The molecule has 3 heteroatoms. The molecule has 0 N–H and O–H groups in total. The Bertz CT molecular complexity index is 808. The first kappa shape index (κ1) is 15.1. The highest BCUT2D eigenvalue weighted by atomic mass is 15.4. The maximum absolute atomic E-state index is 4.37. The van der Waals surface area contributed by atoms with Crippen LogP contribution in [-0.4, -0.2) is 15.0 Å². The van der Waals surface area contributed by atoms with Gasteiger partial charge in [0.1, 0.15) is 11.4 Å². The molecule has 1 heterocycles. The van der Waals surface area contributed by atoms with E-state index < -0.39 is 0 Å². The normalized spacial score (nSPS) is 10.1. The minimum atomic E-state index is 0.677. The van der Waals surface area contributed by atoms with Crippen molar-refractivity contribution in [3.8, 4) is 23.1 Å². The van der Waals surface area contributed by atoms with Crippen LogP contribution >= 0.6 is 0 Å². The van der Waals surface area contributed by atoms with E-state index in [-0.39, 0.29) is 0 Å². The van der Waals surface area contributed by atoms with Crippen LogP contribution in [0.15, 0.2) is 60.7 Å². The van der Waals surface area contributed by atoms with Gasteiger partial charge >= 0.3 is 0 Å². The van der Waals surface area contributed by atoms with E-state index >= 15 is 0 Å². The second-order valence-electron chi connectivity index (χ2n) is 5.35. The van der Waals surface area contributed by atoms with Gasteiger partial charge in [-0.05, 0) is 17.9 Å². The van der Waals surface area contributed by atoms with Gasteiger partial charge in [0.05, 0.1) is 6.54 Å². The lowest BCUT2D eigenvalue weighted by molar-refractivity contribution is 0.643. The molecule has 0 amide bonds. The smallest absolute Gasteiger partial charge is 0.139 e. The molecular formula is C20H19N3. The molecule has 1 aromatic heterocycles. The van der Waals surface area contributed by atoms with Gasteiger partial charge in [0.25, 0.3) is 0 Å². The van der Waals surface area contributed by atoms with Crippen LogP contribution in [0.3, 0.4) is 0 Å². The molecule has 3 rings (SSSR count). The van der Waals surface area contributed by atoms with E-state index in [1.807, 2.05) is 53.2 Å². The quantitative estimate of drug-likeness (QED) is 0.678. The molecule has 23 heavy (non-hydrogen) atoms. The van der Waals surface area contributed by atoms with E-state index in [1.165, 1.54) is 5.56 Å². The predicted octanol–water partition coefficient (Wildman–Crippen LogP) is 4.15. The fraction of sp³-hybridized carbons (Fsp3) is 0.200. The Morgan fingerprint density at radius 3 is 2.35 bits per heavy atom. The number of rotatable bonds is 4. The highest BCUT2D eigenvalue weighted by molar-refractivity contribution is 5.65. The average molecular weight is 301 g/mol. The summed E-state index contributed by atoms with van der Waals surface area (Å²) in [4.78, 5) is 0. The van der Waals surface area contributed by atoms with Gasteiger partial charge in [0.15, 0.2) is 0 Å². The first-order chi connectivity index (χ1) is 11.4. The first-order valence-electron chi connectivity index (χ1n) is 7.90. The van der Waals surface area contributed by atoms with Crippen LogP contribution in [0.5, 0.6) is 0 Å². The first-order valence-corrected chi connectivity index (χ1v) is 7.90. The maximum atomic E-state index is 4.37. The molecule has 3 aromatic rings. The van der Waals surface area contributed by atoms with Gasteiger partial charge in [-0.15, -0.1) is 5.10 Å². The van der Waals surface area contributed by atoms with Gasteiger partial charge in [-0.3, -0.25) is 0 Å². The lowest BCUT2D eigenvalue weighted by Gasteiger charge is -2.03. The fourth-order valence-electron chi connectivity index (χ4n) is 2.37. The van der Waals surface area contributed by atoms with E-state index in [2.05, 4.69) is 41.2 Å². The average Bonchev–Trinajstić information content (AvgIpc) is 3.00. The van der Waals surface area contributed by atoms with Gasteiger partial charge in [-0.1, -0.05) is 78.7 Å². The summed E-state index contributed by atoms with van der Waals surface area (Å²) in [6.07, 6.45) is 1.93. The Hall–Kier alpha value is -2.86. The fourth-order valence-corrected chi connectivity index (χ4v) is 2.37. The predicted molar refractivity (Wildman–Crippen MR) is 92.8 cm³/mol. The van der Waals surface area contributed by atoms with Crippen LogP contribution in [0.4, 0.5) is 0 Å². The Morgan fingerprint density at radius 2 is 1.65 bits per heavy atom. The zero-order valence-electron chi connectivity index (χ0n) is 13.2. The van der Waals surface area contributed by atoms with Crippen molar-refractivity contribution in [2.45, 2.75) is 26.3 Å². The number of hydrogen-bond acceptors (Lipinski definition) is 2. The lowest BCUT2D eigenvalue weighted by atomic mass is 10.1. The van der Waals surface area contributed by atoms with E-state index in [1.54, 1.807) is 0 Å². The van der Waals surface area contributed by atoms with Crippen molar-refractivity contribution in [3.05, 3.63) is 71.9 Å². The van der Waals surface area contributed by atoms with Gasteiger partial charge in [-0.2, -0.15) is 0 Å². The summed E-state index contributed by atoms with van der Waals surface area (Å²) in [5.41, 5.74) is 3.97. The summed E-state index contributed by atoms with van der Waals surface area (Å²) in [5, 5.41) is 8.70. The molecule has 0 aliphatic rings. The van der Waals surface area contributed by atoms with Gasteiger partial charge < -0.3 is 0 Å². The van der Waals surface area contributed by atoms with Crippen molar-refractivity contribution in [3.63, 3.8) is 0 Å². The Morgan fingerprint density at radius 1 is 0.957 bits per heavy atom. The Balaban J connectivity index is 2.00. The monoisotopic (exact) mass is 301 g/mol. The largest absolute Gasteiger partial charge is 0.232 e. The molecule has 0 aliphatic carbocycles. The summed E-state index contributed by atoms with van der Waals surface area (Å²) in [6, 6.07) is 20.4. The molecule has 2 aromatic carbocycles. The van der Waals surface area contributed by atoms with Crippen LogP contribution in [0.1, 0.15) is 31.0 Å². The highest BCUT2D eigenvalue weighted by Crippen LogP contribution is 2.20. The molecule has 3 nitrogen and oxygen atoms in total. The van der Waals surface area contributed by atoms with Gasteiger partial charge in [-0.25, -0.2) is 4.68 Å². The second-order valence-corrected chi connectivity index (χ2v) is 5.35. The third kappa shape index (κ3) is 3.67. The number of nitrogens with zero attached hydrogens (tertiary/aromatic N) is 3. The standard InChI is InChI=1S/C20H19N3/c1-2-3-6-15-19-20(18-13-9-5-10-14-18)21-22-23(19)16-17-11-7-4-8-12-17/h4-5,7-14H,2-3,16H2,1H3. The van der Waals surface area contributed by atoms with Crippen LogP contribution in [0.25, 0.3) is 11.3 Å². The molecule has 0 aliphatic heterocycles. The number of aromatic nitrogens is 3. The van der Waals surface area contributed by atoms with Gasteiger partial charge in [0, 0.05) is 12.0 Å². The zero-order valence-corrected chi connectivity index (χ0v) is 13.2. The SMILES string of the molecule is CCCC#Cc1c(-c2ccccc2)nnn1Cc1ccccc1. The summed E-state index contributed by atoms with van der Waals surface area (Å²) in [5.74, 6) is 6.49. The van der Waals surface area contributed by atoms with Gasteiger partial charge in [0.2, 0.25) is 0 Å². The molecule has 0 unspecified atom stereocenters. The van der Waals surface area contributed by atoms with E-state index in [0.717, 1.165) is 29.8 Å². The molecule has 0 spiro atoms. The number of benzene rings is 2. The molecule has 0 saturated carbocycles. The van der Waals surface area contributed by atoms with Crippen LogP contribution in [0, 0.1) is 11.8 Å². The van der Waals surface area contributed by atoms with Crippen molar-refractivity contribution >= 4 is 0 Å². The molecule has 114 valence electrons. The Kier molecular flexibility index (Phi) is 4.85. The number of unbranched alkanes of at least 4 members (excludes halogenated alkanes) is 1. The molecule has 0 fully saturated rings. The zero-order chi connectivity index (χ0) is 15.9. The van der Waals surface area contributed by atoms with Crippen molar-refractivity contribution in [1.82, 2.24) is 15.0 Å². The molecule has 0 bridgehead atoms. The molecule has 0 atom stereocenters. The van der Waals surface area contributed by atoms with Crippen LogP contribution in [0.2, 0.25) is 0 Å². The molecule has 0 radical (unpaired) electrons. The van der Waals surface area contributed by atoms with Crippen molar-refractivity contribution < 1.29 is 0 Å². The third-order valence-electron chi connectivity index (χ3n) is 3.54. The summed E-state index contributed by atoms with van der Waals surface area (Å²) in [7, 11) is 0. The molecule has 0 saturated heterocycles. The van der Waals surface area contributed by atoms with Crippen molar-refractivity contribution in [2.24, 2.45) is 0 Å². The summed E-state index contributed by atoms with van der Waals surface area (Å²) < 4.78 is 1.89. The van der Waals surface area contributed by atoms with E-state index in [4.69, 9.17) is 0 Å². The molecular weight excluding hydrogens is 282 g/mol. The lowest BCUT2D eigenvalue weighted by Crippen LogP contribution is -2.04. The van der Waals surface area contributed by atoms with Crippen molar-refractivity contribution in [2.75, 3.05) is 0 Å². The minimum absolute atomic E-state index is 0.677. The second kappa shape index (κ2) is 7.42. The summed E-state index contributed by atoms with van der Waals surface area (Å²) >= 11 is 0. The Labute approximate surface area is 137 Å². The summed E-state index contributed by atoms with van der Waals surface area (Å²) in [6.45, 7) is 2.81. The number of hydrogen-bond donors (Lipinski definition) is 0. The maximum Gasteiger partial charge on any atom is 0.139 e. The van der Waals surface area contributed by atoms with E-state index in [0.29, 0.717) is 6.54 Å². The topological polar surface area (TPSA) is 30.7 Å².